The van der Waals surface area contributed by atoms with E-state index in [0.717, 1.165) is 49.7 Å². The predicted octanol–water partition coefficient (Wildman–Crippen LogP) is 2.15. The molecule has 8 nitrogen and oxygen atoms in total. The summed E-state index contributed by atoms with van der Waals surface area (Å²) in [5.41, 5.74) is 2.37. The first-order valence-electron chi connectivity index (χ1n) is 11.2. The number of aliphatic hydroxyl groups is 4. The summed E-state index contributed by atoms with van der Waals surface area (Å²) < 4.78 is 10.9. The molecule has 0 saturated heterocycles. The van der Waals surface area contributed by atoms with Gasteiger partial charge in [0, 0.05) is 11.5 Å². The highest BCUT2D eigenvalue weighted by Gasteiger charge is 2.28. The fraction of sp³-hybridized carbons (Fsp3) is 0.583. The molecule has 0 bridgehead atoms. The monoisotopic (exact) mass is 450 g/mol. The van der Waals surface area contributed by atoms with Crippen LogP contribution in [0.3, 0.4) is 0 Å². The average molecular weight is 451 g/mol. The van der Waals surface area contributed by atoms with E-state index in [2.05, 4.69) is 6.92 Å². The van der Waals surface area contributed by atoms with E-state index >= 15 is 0 Å². The zero-order chi connectivity index (χ0) is 23.7. The minimum absolute atomic E-state index is 0.147. The number of ether oxygens (including phenoxy) is 2. The Labute approximate surface area is 188 Å². The molecule has 1 aliphatic carbocycles. The van der Waals surface area contributed by atoms with Gasteiger partial charge in [0.2, 0.25) is 0 Å². The molecule has 0 radical (unpaired) electrons. The van der Waals surface area contributed by atoms with E-state index in [9.17, 15) is 19.8 Å². The van der Waals surface area contributed by atoms with Crippen LogP contribution in [0.2, 0.25) is 0 Å². The maximum absolute atomic E-state index is 12.3. The van der Waals surface area contributed by atoms with Gasteiger partial charge in [-0.05, 0) is 56.7 Å². The van der Waals surface area contributed by atoms with Crippen molar-refractivity contribution in [1.29, 1.82) is 0 Å². The van der Waals surface area contributed by atoms with E-state index in [1.165, 1.54) is 0 Å². The Morgan fingerprint density at radius 2 is 1.59 bits per heavy atom. The summed E-state index contributed by atoms with van der Waals surface area (Å²) in [6.07, 6.45) is 4.71. The van der Waals surface area contributed by atoms with E-state index in [1.807, 2.05) is 13.0 Å². The highest BCUT2D eigenvalue weighted by molar-refractivity contribution is 5.80. The Morgan fingerprint density at radius 1 is 1.03 bits per heavy atom. The van der Waals surface area contributed by atoms with E-state index in [-0.39, 0.29) is 17.4 Å². The molecule has 0 unspecified atom stereocenters. The number of allylic oxidation sites excluding steroid dienone is 2. The fourth-order valence-corrected chi connectivity index (χ4v) is 3.75. The Kier molecular flexibility index (Phi) is 10.3. The lowest BCUT2D eigenvalue weighted by Crippen LogP contribution is -2.30. The van der Waals surface area contributed by atoms with Crippen LogP contribution in [-0.4, -0.2) is 57.8 Å². The standard InChI is InChI=1S/C24H34O8/c1-3-4-5-8-16-11-20(31-23(29)18(27)13-25)22(17-9-6-7-15(2)10-17)21(12-16)32-24(30)19(28)14-26/h10-12,17-19,25-28H,3-9,13-14H2,1-2H3/t17-,18-,19-/m0/s1. The van der Waals surface area contributed by atoms with Crippen LogP contribution in [0.4, 0.5) is 0 Å². The number of esters is 2. The molecule has 0 fully saturated rings. The SMILES string of the molecule is CCCCCc1cc(OC(=O)[C@@H](O)CO)c([C@@H]2C=C(C)CCC2)c(OC(=O)[C@@H](O)CO)c1. The summed E-state index contributed by atoms with van der Waals surface area (Å²) in [5.74, 6) is -1.94. The van der Waals surface area contributed by atoms with E-state index in [0.29, 0.717) is 12.0 Å². The van der Waals surface area contributed by atoms with Crippen LogP contribution in [0.15, 0.2) is 23.8 Å². The van der Waals surface area contributed by atoms with E-state index in [4.69, 9.17) is 19.7 Å². The molecular formula is C24H34O8. The van der Waals surface area contributed by atoms with E-state index < -0.39 is 37.4 Å². The number of carbonyl (C=O) groups excluding carboxylic acids is 2. The van der Waals surface area contributed by atoms with Crippen molar-refractivity contribution in [2.24, 2.45) is 0 Å². The van der Waals surface area contributed by atoms with Crippen LogP contribution in [0.5, 0.6) is 11.5 Å². The van der Waals surface area contributed by atoms with Crippen molar-refractivity contribution in [3.8, 4) is 11.5 Å². The second-order valence-corrected chi connectivity index (χ2v) is 8.21. The van der Waals surface area contributed by atoms with Crippen molar-refractivity contribution < 1.29 is 39.5 Å². The predicted molar refractivity (Wildman–Crippen MR) is 117 cm³/mol. The van der Waals surface area contributed by atoms with Gasteiger partial charge in [-0.2, -0.15) is 0 Å². The quantitative estimate of drug-likeness (QED) is 0.174. The van der Waals surface area contributed by atoms with Gasteiger partial charge in [-0.3, -0.25) is 0 Å². The fourth-order valence-electron chi connectivity index (χ4n) is 3.75. The molecule has 1 aliphatic rings. The smallest absolute Gasteiger partial charge is 0.342 e. The van der Waals surface area contributed by atoms with Crippen LogP contribution in [-0.2, 0) is 16.0 Å². The van der Waals surface area contributed by atoms with Crippen molar-refractivity contribution in [1.82, 2.24) is 0 Å². The van der Waals surface area contributed by atoms with Gasteiger partial charge < -0.3 is 29.9 Å². The highest BCUT2D eigenvalue weighted by atomic mass is 16.6. The number of hydrogen-bond donors (Lipinski definition) is 4. The largest absolute Gasteiger partial charge is 0.424 e. The molecule has 0 aromatic heterocycles. The lowest BCUT2D eigenvalue weighted by molar-refractivity contribution is -0.145. The molecule has 1 aromatic rings. The van der Waals surface area contributed by atoms with Gasteiger partial charge in [0.1, 0.15) is 11.5 Å². The minimum Gasteiger partial charge on any atom is -0.424 e. The van der Waals surface area contributed by atoms with Crippen molar-refractivity contribution in [3.05, 3.63) is 34.9 Å². The number of benzene rings is 1. The summed E-state index contributed by atoms with van der Waals surface area (Å²) in [6, 6.07) is 3.40. The van der Waals surface area contributed by atoms with Gasteiger partial charge in [-0.1, -0.05) is 31.4 Å². The molecule has 2 rings (SSSR count). The van der Waals surface area contributed by atoms with Crippen LogP contribution in [0.1, 0.15) is 69.4 Å². The molecule has 32 heavy (non-hydrogen) atoms. The summed E-state index contributed by atoms with van der Waals surface area (Å²) in [4.78, 5) is 24.5. The molecule has 0 aliphatic heterocycles. The molecule has 4 N–H and O–H groups in total. The van der Waals surface area contributed by atoms with Crippen LogP contribution >= 0.6 is 0 Å². The molecular weight excluding hydrogens is 416 g/mol. The lowest BCUT2D eigenvalue weighted by Gasteiger charge is -2.25. The summed E-state index contributed by atoms with van der Waals surface area (Å²) in [7, 11) is 0. The van der Waals surface area contributed by atoms with Gasteiger partial charge in [0.05, 0.1) is 13.2 Å². The molecule has 8 heteroatoms. The van der Waals surface area contributed by atoms with E-state index in [1.54, 1.807) is 12.1 Å². The number of carbonyl (C=O) groups is 2. The maximum atomic E-state index is 12.3. The van der Waals surface area contributed by atoms with Gasteiger partial charge in [-0.25, -0.2) is 9.59 Å². The molecule has 0 saturated carbocycles. The maximum Gasteiger partial charge on any atom is 0.342 e. The average Bonchev–Trinajstić information content (AvgIpc) is 2.77. The Hall–Kier alpha value is -2.26. The zero-order valence-corrected chi connectivity index (χ0v) is 18.7. The first-order chi connectivity index (χ1) is 15.3. The topological polar surface area (TPSA) is 134 Å². The zero-order valence-electron chi connectivity index (χ0n) is 18.7. The summed E-state index contributed by atoms with van der Waals surface area (Å²) >= 11 is 0. The van der Waals surface area contributed by atoms with Crippen LogP contribution < -0.4 is 9.47 Å². The Bertz CT molecular complexity index is 771. The Balaban J connectivity index is 2.57. The number of hydrogen-bond acceptors (Lipinski definition) is 8. The van der Waals surface area contributed by atoms with Crippen molar-refractivity contribution >= 4 is 11.9 Å². The normalized spacial score (nSPS) is 17.9. The summed E-state index contributed by atoms with van der Waals surface area (Å²) in [5, 5.41) is 37.6. The minimum atomic E-state index is -1.70. The first-order valence-corrected chi connectivity index (χ1v) is 11.2. The molecule has 0 heterocycles. The number of rotatable bonds is 11. The van der Waals surface area contributed by atoms with Gasteiger partial charge >= 0.3 is 11.9 Å². The van der Waals surface area contributed by atoms with Gasteiger partial charge in [-0.15, -0.1) is 0 Å². The third kappa shape index (κ3) is 7.13. The number of aryl methyl sites for hydroxylation is 1. The number of aliphatic hydroxyl groups excluding tert-OH is 4. The second-order valence-electron chi connectivity index (χ2n) is 8.21. The molecule has 1 aromatic carbocycles. The molecule has 0 spiro atoms. The summed E-state index contributed by atoms with van der Waals surface area (Å²) in [6.45, 7) is 2.51. The molecule has 178 valence electrons. The van der Waals surface area contributed by atoms with Gasteiger partial charge in [0.15, 0.2) is 12.2 Å². The number of unbranched alkanes of at least 4 members (excludes halogenated alkanes) is 2. The Morgan fingerprint density at radius 3 is 2.06 bits per heavy atom. The van der Waals surface area contributed by atoms with Crippen molar-refractivity contribution in [2.45, 2.75) is 76.9 Å². The second kappa shape index (κ2) is 12.7. The third-order valence-electron chi connectivity index (χ3n) is 5.49. The van der Waals surface area contributed by atoms with Crippen LogP contribution in [0.25, 0.3) is 0 Å². The van der Waals surface area contributed by atoms with Crippen molar-refractivity contribution in [3.63, 3.8) is 0 Å². The highest BCUT2D eigenvalue weighted by Crippen LogP contribution is 2.43. The van der Waals surface area contributed by atoms with Gasteiger partial charge in [0.25, 0.3) is 0 Å². The lowest BCUT2D eigenvalue weighted by atomic mass is 9.84. The molecule has 0 amide bonds. The van der Waals surface area contributed by atoms with Crippen molar-refractivity contribution in [2.75, 3.05) is 13.2 Å². The van der Waals surface area contributed by atoms with Crippen LogP contribution in [0, 0.1) is 0 Å². The third-order valence-corrected chi connectivity index (χ3v) is 5.49. The first kappa shape index (κ1) is 26.0. The molecule has 3 atom stereocenters.